The number of aromatic nitrogens is 3. The third kappa shape index (κ3) is 6.09. The number of ether oxygens (including phenoxy) is 1. The summed E-state index contributed by atoms with van der Waals surface area (Å²) in [7, 11) is 0. The lowest BCUT2D eigenvalue weighted by Crippen LogP contribution is -2.29. The summed E-state index contributed by atoms with van der Waals surface area (Å²) in [5.74, 6) is 1.89. The van der Waals surface area contributed by atoms with E-state index in [1.54, 1.807) is 0 Å². The number of para-hydroxylation sites is 1. The molecular formula is C22H26N4O2S. The Hall–Kier alpha value is -2.80. The summed E-state index contributed by atoms with van der Waals surface area (Å²) < 4.78 is 7.67. The van der Waals surface area contributed by atoms with Gasteiger partial charge in [0.25, 0.3) is 0 Å². The van der Waals surface area contributed by atoms with Crippen LogP contribution in [0.2, 0.25) is 0 Å². The lowest BCUT2D eigenvalue weighted by molar-refractivity contribution is -0.118. The normalized spacial score (nSPS) is 10.7. The summed E-state index contributed by atoms with van der Waals surface area (Å²) >= 11 is 1.41. The van der Waals surface area contributed by atoms with Crippen LogP contribution in [0.15, 0.2) is 59.8 Å². The van der Waals surface area contributed by atoms with Gasteiger partial charge in [0.05, 0.1) is 12.3 Å². The summed E-state index contributed by atoms with van der Waals surface area (Å²) in [6.45, 7) is 5.89. The molecule has 0 saturated carbocycles. The molecule has 3 rings (SSSR count). The summed E-state index contributed by atoms with van der Waals surface area (Å²) in [4.78, 5) is 12.2. The average Bonchev–Trinajstić information content (AvgIpc) is 3.13. The van der Waals surface area contributed by atoms with Crippen LogP contribution in [0.4, 0.5) is 0 Å². The molecule has 0 aliphatic heterocycles. The van der Waals surface area contributed by atoms with Crippen molar-refractivity contribution in [2.45, 2.75) is 32.0 Å². The first kappa shape index (κ1) is 20.9. The first-order valence-corrected chi connectivity index (χ1v) is 10.7. The number of hydrogen-bond donors (Lipinski definition) is 1. The zero-order valence-corrected chi connectivity index (χ0v) is 17.6. The van der Waals surface area contributed by atoms with Crippen LogP contribution >= 0.6 is 11.8 Å². The fourth-order valence-electron chi connectivity index (χ4n) is 2.88. The smallest absolute Gasteiger partial charge is 0.230 e. The average molecular weight is 411 g/mol. The van der Waals surface area contributed by atoms with Gasteiger partial charge in [-0.05, 0) is 31.5 Å². The molecule has 152 valence electrons. The van der Waals surface area contributed by atoms with Gasteiger partial charge >= 0.3 is 0 Å². The van der Waals surface area contributed by atoms with Crippen molar-refractivity contribution in [1.29, 1.82) is 0 Å². The van der Waals surface area contributed by atoms with E-state index in [1.807, 2.05) is 42.5 Å². The highest BCUT2D eigenvalue weighted by Gasteiger charge is 2.15. The topological polar surface area (TPSA) is 69.0 Å². The van der Waals surface area contributed by atoms with E-state index in [0.717, 1.165) is 35.3 Å². The van der Waals surface area contributed by atoms with Gasteiger partial charge in [0, 0.05) is 12.1 Å². The van der Waals surface area contributed by atoms with Gasteiger partial charge in [0.2, 0.25) is 5.91 Å². The Morgan fingerprint density at radius 1 is 1.14 bits per heavy atom. The number of aryl methyl sites for hydroxylation is 1. The van der Waals surface area contributed by atoms with Gasteiger partial charge in [-0.1, -0.05) is 60.6 Å². The monoisotopic (exact) mass is 410 g/mol. The fraction of sp³-hybridized carbons (Fsp3) is 0.318. The van der Waals surface area contributed by atoms with Crippen LogP contribution < -0.4 is 10.1 Å². The van der Waals surface area contributed by atoms with E-state index in [-0.39, 0.29) is 5.91 Å². The molecule has 0 saturated heterocycles. The van der Waals surface area contributed by atoms with Gasteiger partial charge in [-0.25, -0.2) is 0 Å². The van der Waals surface area contributed by atoms with Gasteiger partial charge in [-0.3, -0.25) is 4.79 Å². The number of carbonyl (C=O) groups excluding carboxylic acids is 1. The van der Waals surface area contributed by atoms with Gasteiger partial charge < -0.3 is 14.6 Å². The van der Waals surface area contributed by atoms with E-state index >= 15 is 0 Å². The number of rotatable bonds is 10. The number of nitrogens with one attached hydrogen (secondary N) is 1. The molecule has 29 heavy (non-hydrogen) atoms. The van der Waals surface area contributed by atoms with Crippen LogP contribution in [0.5, 0.6) is 5.75 Å². The Labute approximate surface area is 175 Å². The Morgan fingerprint density at radius 2 is 1.97 bits per heavy atom. The molecule has 2 aromatic carbocycles. The molecule has 7 heteroatoms. The predicted molar refractivity (Wildman–Crippen MR) is 116 cm³/mol. The number of carbonyl (C=O) groups is 1. The fourth-order valence-corrected chi connectivity index (χ4v) is 3.67. The molecule has 0 aliphatic rings. The van der Waals surface area contributed by atoms with E-state index in [2.05, 4.69) is 46.1 Å². The predicted octanol–water partition coefficient (Wildman–Crippen LogP) is 3.95. The quantitative estimate of drug-likeness (QED) is 0.405. The molecule has 3 aromatic rings. The van der Waals surface area contributed by atoms with Crippen molar-refractivity contribution in [1.82, 2.24) is 20.1 Å². The van der Waals surface area contributed by atoms with Gasteiger partial charge in [0.15, 0.2) is 11.0 Å². The second kappa shape index (κ2) is 10.7. The van der Waals surface area contributed by atoms with Crippen LogP contribution in [-0.2, 0) is 11.3 Å². The Kier molecular flexibility index (Phi) is 7.69. The van der Waals surface area contributed by atoms with E-state index in [9.17, 15) is 4.79 Å². The van der Waals surface area contributed by atoms with Crippen LogP contribution in [-0.4, -0.2) is 39.6 Å². The molecule has 0 atom stereocenters. The largest absolute Gasteiger partial charge is 0.492 e. The van der Waals surface area contributed by atoms with Crippen molar-refractivity contribution < 1.29 is 9.53 Å². The van der Waals surface area contributed by atoms with E-state index in [4.69, 9.17) is 4.74 Å². The Balaban J connectivity index is 1.52. The Bertz CT molecular complexity index is 928. The molecule has 0 radical (unpaired) electrons. The van der Waals surface area contributed by atoms with Crippen molar-refractivity contribution in [3.05, 3.63) is 60.2 Å². The van der Waals surface area contributed by atoms with Crippen LogP contribution in [0.25, 0.3) is 11.4 Å². The maximum atomic E-state index is 12.2. The number of thioether (sulfide) groups is 1. The van der Waals surface area contributed by atoms with Crippen LogP contribution in [0, 0.1) is 6.92 Å². The summed E-state index contributed by atoms with van der Waals surface area (Å²) in [6.07, 6.45) is 0.966. The molecule has 0 bridgehead atoms. The first-order chi connectivity index (χ1) is 14.2. The number of hydrogen-bond acceptors (Lipinski definition) is 5. The van der Waals surface area contributed by atoms with Gasteiger partial charge in [0.1, 0.15) is 12.4 Å². The Morgan fingerprint density at radius 3 is 2.72 bits per heavy atom. The van der Waals surface area contributed by atoms with Gasteiger partial charge in [-0.2, -0.15) is 0 Å². The van der Waals surface area contributed by atoms with Crippen LogP contribution in [0.1, 0.15) is 18.9 Å². The molecule has 1 N–H and O–H groups in total. The highest BCUT2D eigenvalue weighted by atomic mass is 32.2. The zero-order valence-electron chi connectivity index (χ0n) is 16.8. The van der Waals surface area contributed by atoms with E-state index < -0.39 is 0 Å². The van der Waals surface area contributed by atoms with Crippen molar-refractivity contribution >= 4 is 17.7 Å². The van der Waals surface area contributed by atoms with E-state index in [1.165, 1.54) is 17.3 Å². The number of amides is 1. The third-order valence-electron chi connectivity index (χ3n) is 4.21. The molecule has 0 unspecified atom stereocenters. The lowest BCUT2D eigenvalue weighted by Gasteiger charge is -2.10. The molecule has 1 aromatic heterocycles. The minimum atomic E-state index is -0.0465. The minimum absolute atomic E-state index is 0.0465. The maximum absolute atomic E-state index is 12.2. The lowest BCUT2D eigenvalue weighted by atomic mass is 10.1. The molecule has 0 spiro atoms. The van der Waals surface area contributed by atoms with Crippen molar-refractivity contribution in [2.24, 2.45) is 0 Å². The molecule has 6 nitrogen and oxygen atoms in total. The second-order valence-corrected chi connectivity index (χ2v) is 7.57. The van der Waals surface area contributed by atoms with Crippen LogP contribution in [0.3, 0.4) is 0 Å². The molecular weight excluding hydrogens is 384 g/mol. The highest BCUT2D eigenvalue weighted by molar-refractivity contribution is 7.99. The van der Waals surface area contributed by atoms with E-state index in [0.29, 0.717) is 18.9 Å². The summed E-state index contributed by atoms with van der Waals surface area (Å²) in [6, 6.07) is 17.8. The molecule has 1 heterocycles. The van der Waals surface area contributed by atoms with Crippen molar-refractivity contribution in [2.75, 3.05) is 18.9 Å². The summed E-state index contributed by atoms with van der Waals surface area (Å²) in [5.41, 5.74) is 2.22. The maximum Gasteiger partial charge on any atom is 0.230 e. The molecule has 0 aliphatic carbocycles. The molecule has 0 fully saturated rings. The molecule has 1 amide bonds. The number of nitrogens with zero attached hydrogens (tertiary/aromatic N) is 3. The van der Waals surface area contributed by atoms with Gasteiger partial charge in [-0.15, -0.1) is 10.2 Å². The van der Waals surface area contributed by atoms with Crippen molar-refractivity contribution in [3.8, 4) is 17.1 Å². The standard InChI is InChI=1S/C22H26N4O2S/c1-3-13-26-21(18-9-7-8-17(2)15-18)24-25-22(26)29-16-20(27)23-12-14-28-19-10-5-4-6-11-19/h4-11,15H,3,12-14,16H2,1-2H3,(H,23,27). The second-order valence-electron chi connectivity index (χ2n) is 6.63. The number of benzene rings is 2. The zero-order chi connectivity index (χ0) is 20.5. The SMILES string of the molecule is CCCn1c(SCC(=O)NCCOc2ccccc2)nnc1-c1cccc(C)c1. The van der Waals surface area contributed by atoms with Crippen molar-refractivity contribution in [3.63, 3.8) is 0 Å². The summed E-state index contributed by atoms with van der Waals surface area (Å²) in [5, 5.41) is 12.3. The highest BCUT2D eigenvalue weighted by Crippen LogP contribution is 2.25. The first-order valence-electron chi connectivity index (χ1n) is 9.75. The third-order valence-corrected chi connectivity index (χ3v) is 5.18. The minimum Gasteiger partial charge on any atom is -0.492 e.